The molecule has 0 radical (unpaired) electrons. The van der Waals surface area contributed by atoms with E-state index in [0.29, 0.717) is 16.3 Å². The fourth-order valence-corrected chi connectivity index (χ4v) is 1.45. The van der Waals surface area contributed by atoms with Gasteiger partial charge in [-0.1, -0.05) is 6.07 Å². The Kier molecular flexibility index (Phi) is 5.02. The Morgan fingerprint density at radius 2 is 2.11 bits per heavy atom. The number of hydrogen-bond donors (Lipinski definition) is 1. The lowest BCUT2D eigenvalue weighted by Gasteiger charge is -2.22. The van der Waals surface area contributed by atoms with Crippen molar-refractivity contribution < 1.29 is 22.7 Å². The third-order valence-electron chi connectivity index (χ3n) is 2.36. The van der Waals surface area contributed by atoms with Gasteiger partial charge >= 0.3 is 12.2 Å². The van der Waals surface area contributed by atoms with Crippen molar-refractivity contribution in [1.29, 1.82) is 0 Å². The maximum Gasteiger partial charge on any atom is 0.406 e. The summed E-state index contributed by atoms with van der Waals surface area (Å²) in [5.74, 6) is 0.511. The van der Waals surface area contributed by atoms with Crippen LogP contribution in [0.15, 0.2) is 24.3 Å². The molecule has 0 spiro atoms. The molecular formula is C12H15F3N2O2. The minimum absolute atomic E-state index is 0.0324. The zero-order chi connectivity index (χ0) is 14.5. The molecule has 7 heteroatoms. The van der Waals surface area contributed by atoms with Gasteiger partial charge < -0.3 is 15.0 Å². The number of methoxy groups -OCH3 is 1. The van der Waals surface area contributed by atoms with Gasteiger partial charge in [0, 0.05) is 18.3 Å². The van der Waals surface area contributed by atoms with E-state index in [1.807, 2.05) is 0 Å². The number of urea groups is 1. The first kappa shape index (κ1) is 15.1. The normalized spacial score (nSPS) is 11.0. The van der Waals surface area contributed by atoms with Crippen LogP contribution in [-0.2, 0) is 0 Å². The van der Waals surface area contributed by atoms with Crippen LogP contribution >= 0.6 is 0 Å². The number of nitrogens with zero attached hydrogens (tertiary/aromatic N) is 1. The summed E-state index contributed by atoms with van der Waals surface area (Å²) in [5.41, 5.74) is 0.380. The maximum atomic E-state index is 12.3. The number of hydrogen-bond acceptors (Lipinski definition) is 2. The van der Waals surface area contributed by atoms with E-state index in [2.05, 4.69) is 5.32 Å². The summed E-state index contributed by atoms with van der Waals surface area (Å²) in [4.78, 5) is 12.4. The van der Waals surface area contributed by atoms with E-state index >= 15 is 0 Å². The Bertz CT molecular complexity index is 435. The van der Waals surface area contributed by atoms with Crippen LogP contribution in [0.2, 0.25) is 0 Å². The van der Waals surface area contributed by atoms with Crippen molar-refractivity contribution in [3.63, 3.8) is 0 Å². The molecule has 1 aromatic carbocycles. The van der Waals surface area contributed by atoms with Gasteiger partial charge in [0.15, 0.2) is 0 Å². The molecule has 0 unspecified atom stereocenters. The number of rotatable bonds is 4. The van der Waals surface area contributed by atoms with Crippen molar-refractivity contribution in [3.8, 4) is 5.75 Å². The van der Waals surface area contributed by atoms with Gasteiger partial charge in [-0.2, -0.15) is 13.2 Å². The van der Waals surface area contributed by atoms with Gasteiger partial charge in [-0.15, -0.1) is 0 Å². The second-order valence-corrected chi connectivity index (χ2v) is 3.79. The number of halogens is 3. The quantitative estimate of drug-likeness (QED) is 0.918. The van der Waals surface area contributed by atoms with Crippen LogP contribution in [0.25, 0.3) is 0 Å². The van der Waals surface area contributed by atoms with Crippen LogP contribution in [0, 0.1) is 0 Å². The molecule has 2 amide bonds. The number of nitrogens with one attached hydrogen (secondary N) is 1. The monoisotopic (exact) mass is 276 g/mol. The first-order valence-electron chi connectivity index (χ1n) is 5.62. The van der Waals surface area contributed by atoms with E-state index in [0.717, 1.165) is 0 Å². The van der Waals surface area contributed by atoms with Crippen molar-refractivity contribution >= 4 is 11.7 Å². The summed E-state index contributed by atoms with van der Waals surface area (Å²) in [7, 11) is 1.46. The van der Waals surface area contributed by atoms with Gasteiger partial charge in [0.1, 0.15) is 12.3 Å². The Hall–Kier alpha value is -1.92. The highest BCUT2D eigenvalue weighted by atomic mass is 19.4. The predicted molar refractivity (Wildman–Crippen MR) is 65.3 cm³/mol. The summed E-state index contributed by atoms with van der Waals surface area (Å²) in [6.45, 7) is 0.172. The molecule has 0 aliphatic carbocycles. The van der Waals surface area contributed by atoms with Crippen molar-refractivity contribution in [2.24, 2.45) is 0 Å². The molecule has 0 saturated carbocycles. The molecular weight excluding hydrogens is 261 g/mol. The maximum absolute atomic E-state index is 12.3. The molecule has 0 saturated heterocycles. The molecule has 1 rings (SSSR count). The third-order valence-corrected chi connectivity index (χ3v) is 2.36. The molecule has 0 aliphatic heterocycles. The smallest absolute Gasteiger partial charge is 0.406 e. The molecule has 1 N–H and O–H groups in total. The minimum atomic E-state index is -4.41. The second-order valence-electron chi connectivity index (χ2n) is 3.79. The van der Waals surface area contributed by atoms with Crippen LogP contribution < -0.4 is 10.1 Å². The first-order valence-corrected chi connectivity index (χ1v) is 5.62. The van der Waals surface area contributed by atoms with Gasteiger partial charge in [0.2, 0.25) is 0 Å². The van der Waals surface area contributed by atoms with Gasteiger partial charge in [-0.25, -0.2) is 4.79 Å². The van der Waals surface area contributed by atoms with E-state index in [9.17, 15) is 18.0 Å². The van der Waals surface area contributed by atoms with E-state index < -0.39 is 18.8 Å². The van der Waals surface area contributed by atoms with Crippen LogP contribution in [-0.4, -0.2) is 37.3 Å². The Morgan fingerprint density at radius 1 is 1.42 bits per heavy atom. The SMILES string of the molecule is CCN(CC(F)(F)F)C(=O)Nc1cccc(OC)c1. The highest BCUT2D eigenvalue weighted by Gasteiger charge is 2.32. The van der Waals surface area contributed by atoms with E-state index in [1.54, 1.807) is 18.2 Å². The van der Waals surface area contributed by atoms with E-state index in [-0.39, 0.29) is 6.54 Å². The standard InChI is InChI=1S/C12H15F3N2O2/c1-3-17(8-12(13,14)15)11(18)16-9-5-4-6-10(7-9)19-2/h4-7H,3,8H2,1-2H3,(H,16,18). The van der Waals surface area contributed by atoms with Gasteiger partial charge in [-0.05, 0) is 19.1 Å². The summed E-state index contributed by atoms with van der Waals surface area (Å²) >= 11 is 0. The van der Waals surface area contributed by atoms with Gasteiger partial charge in [0.25, 0.3) is 0 Å². The highest BCUT2D eigenvalue weighted by molar-refractivity contribution is 5.89. The average molecular weight is 276 g/mol. The fraction of sp³-hybridized carbons (Fsp3) is 0.417. The molecule has 1 aromatic rings. The molecule has 106 valence electrons. The van der Waals surface area contributed by atoms with Crippen LogP contribution in [0.3, 0.4) is 0 Å². The number of carbonyl (C=O) groups is 1. The van der Waals surface area contributed by atoms with Gasteiger partial charge in [-0.3, -0.25) is 0 Å². The summed E-state index contributed by atoms with van der Waals surface area (Å²) < 4.78 is 41.8. The second kappa shape index (κ2) is 6.31. The number of alkyl halides is 3. The Morgan fingerprint density at radius 3 is 2.63 bits per heavy atom. The first-order chi connectivity index (χ1) is 8.85. The zero-order valence-corrected chi connectivity index (χ0v) is 10.6. The largest absolute Gasteiger partial charge is 0.497 e. The van der Waals surface area contributed by atoms with Crippen LogP contribution in [0.5, 0.6) is 5.75 Å². The van der Waals surface area contributed by atoms with Crippen LogP contribution in [0.1, 0.15) is 6.92 Å². The van der Waals surface area contributed by atoms with Gasteiger partial charge in [0.05, 0.1) is 7.11 Å². The highest BCUT2D eigenvalue weighted by Crippen LogP contribution is 2.19. The van der Waals surface area contributed by atoms with Crippen molar-refractivity contribution in [2.45, 2.75) is 13.1 Å². The molecule has 0 aromatic heterocycles. The molecule has 0 aliphatic rings. The summed E-state index contributed by atoms with van der Waals surface area (Å²) in [6.07, 6.45) is -4.41. The third kappa shape index (κ3) is 5.07. The molecule has 19 heavy (non-hydrogen) atoms. The van der Waals surface area contributed by atoms with E-state index in [4.69, 9.17) is 4.74 Å². The van der Waals surface area contributed by atoms with Crippen molar-refractivity contribution in [2.75, 3.05) is 25.5 Å². The lowest BCUT2D eigenvalue weighted by molar-refractivity contribution is -0.139. The predicted octanol–water partition coefficient (Wildman–Crippen LogP) is 3.11. The fourth-order valence-electron chi connectivity index (χ4n) is 1.45. The number of ether oxygens (including phenoxy) is 1. The summed E-state index contributed by atoms with van der Waals surface area (Å²) in [5, 5.41) is 2.40. The molecule has 0 fully saturated rings. The summed E-state index contributed by atoms with van der Waals surface area (Å²) in [6, 6.07) is 5.60. The van der Waals surface area contributed by atoms with Crippen LogP contribution in [0.4, 0.5) is 23.7 Å². The van der Waals surface area contributed by atoms with Crippen molar-refractivity contribution in [1.82, 2.24) is 4.90 Å². The topological polar surface area (TPSA) is 41.6 Å². The molecule has 0 heterocycles. The zero-order valence-electron chi connectivity index (χ0n) is 10.6. The Labute approximate surface area is 109 Å². The van der Waals surface area contributed by atoms with Crippen molar-refractivity contribution in [3.05, 3.63) is 24.3 Å². The lowest BCUT2D eigenvalue weighted by atomic mass is 10.3. The number of benzene rings is 1. The minimum Gasteiger partial charge on any atom is -0.497 e. The van der Waals surface area contributed by atoms with E-state index in [1.165, 1.54) is 20.1 Å². The molecule has 0 atom stereocenters. The average Bonchev–Trinajstić information content (AvgIpc) is 2.35. The Balaban J connectivity index is 2.71. The molecule has 0 bridgehead atoms. The number of anilines is 1. The lowest BCUT2D eigenvalue weighted by Crippen LogP contribution is -2.41. The number of amides is 2. The molecule has 4 nitrogen and oxygen atoms in total. The number of carbonyl (C=O) groups excluding carboxylic acids is 1.